The molecule has 116 valence electrons. The van der Waals surface area contributed by atoms with E-state index in [4.69, 9.17) is 0 Å². The van der Waals surface area contributed by atoms with E-state index in [2.05, 4.69) is 22.7 Å². The van der Waals surface area contributed by atoms with Gasteiger partial charge in [-0.15, -0.1) is 12.6 Å². The number of aryl methyl sites for hydroxylation is 1. The molecule has 0 aliphatic heterocycles. The first kappa shape index (κ1) is 16.4. The molecular weight excluding hydrogens is 320 g/mol. The summed E-state index contributed by atoms with van der Waals surface area (Å²) in [6, 6.07) is 11.2. The Balaban J connectivity index is 2.26. The molecule has 0 fully saturated rings. The lowest BCUT2D eigenvalue weighted by Gasteiger charge is -2.11. The fourth-order valence-electron chi connectivity index (χ4n) is 1.84. The fourth-order valence-corrected chi connectivity index (χ4v) is 3.17. The third-order valence-corrected chi connectivity index (χ3v) is 4.61. The monoisotopic (exact) mass is 336 g/mol. The highest BCUT2D eigenvalue weighted by Crippen LogP contribution is 2.23. The minimum absolute atomic E-state index is 0.116. The number of anilines is 2. The van der Waals surface area contributed by atoms with Gasteiger partial charge in [0.2, 0.25) is 5.91 Å². The maximum Gasteiger partial charge on any atom is 0.261 e. The number of nitrogens with one attached hydrogen (secondary N) is 2. The number of carbonyl (C=O) groups is 1. The molecule has 0 aromatic heterocycles. The number of sulfonamides is 1. The van der Waals surface area contributed by atoms with Crippen LogP contribution >= 0.6 is 12.6 Å². The van der Waals surface area contributed by atoms with Crippen molar-refractivity contribution in [2.45, 2.75) is 23.6 Å². The lowest BCUT2D eigenvalue weighted by atomic mass is 10.2. The lowest BCUT2D eigenvalue weighted by Crippen LogP contribution is -2.14. The average molecular weight is 336 g/mol. The number of benzene rings is 2. The van der Waals surface area contributed by atoms with Gasteiger partial charge in [-0.2, -0.15) is 0 Å². The summed E-state index contributed by atoms with van der Waals surface area (Å²) < 4.78 is 27.3. The average Bonchev–Trinajstić information content (AvgIpc) is 2.42. The van der Waals surface area contributed by atoms with E-state index in [9.17, 15) is 13.2 Å². The van der Waals surface area contributed by atoms with E-state index in [1.807, 2.05) is 6.92 Å². The second kappa shape index (κ2) is 6.41. The molecule has 0 aliphatic carbocycles. The summed E-state index contributed by atoms with van der Waals surface area (Å²) in [4.78, 5) is 11.7. The minimum Gasteiger partial charge on any atom is -0.326 e. The Morgan fingerprint density at radius 1 is 1.09 bits per heavy atom. The van der Waals surface area contributed by atoms with Crippen LogP contribution in [0, 0.1) is 6.92 Å². The van der Waals surface area contributed by atoms with Crippen LogP contribution in [0.25, 0.3) is 0 Å². The summed E-state index contributed by atoms with van der Waals surface area (Å²) in [6.07, 6.45) is 0. The van der Waals surface area contributed by atoms with E-state index in [0.29, 0.717) is 16.3 Å². The van der Waals surface area contributed by atoms with Gasteiger partial charge in [-0.1, -0.05) is 6.07 Å². The molecule has 0 heterocycles. The molecule has 0 spiro atoms. The number of rotatable bonds is 4. The molecule has 1 amide bonds. The van der Waals surface area contributed by atoms with Gasteiger partial charge in [0.1, 0.15) is 0 Å². The van der Waals surface area contributed by atoms with Crippen molar-refractivity contribution in [3.05, 3.63) is 48.0 Å². The highest BCUT2D eigenvalue weighted by Gasteiger charge is 2.15. The first-order chi connectivity index (χ1) is 10.3. The Labute approximate surface area is 135 Å². The third-order valence-electron chi connectivity index (χ3n) is 2.95. The summed E-state index contributed by atoms with van der Waals surface area (Å²) in [5, 5.41) is 2.59. The van der Waals surface area contributed by atoms with Crippen LogP contribution in [-0.2, 0) is 14.8 Å². The second-order valence-electron chi connectivity index (χ2n) is 4.81. The predicted octanol–water partition coefficient (Wildman–Crippen LogP) is 3.04. The van der Waals surface area contributed by atoms with Crippen LogP contribution < -0.4 is 10.0 Å². The van der Waals surface area contributed by atoms with Crippen LogP contribution in [0.1, 0.15) is 12.5 Å². The molecular formula is C15H16N2O3S2. The first-order valence-electron chi connectivity index (χ1n) is 6.48. The molecule has 0 unspecified atom stereocenters. The second-order valence-corrected chi connectivity index (χ2v) is 7.01. The fraction of sp³-hybridized carbons (Fsp3) is 0.133. The van der Waals surface area contributed by atoms with Crippen molar-refractivity contribution in [1.82, 2.24) is 0 Å². The molecule has 0 radical (unpaired) electrons. The molecule has 0 saturated heterocycles. The van der Waals surface area contributed by atoms with Crippen LogP contribution in [0.2, 0.25) is 0 Å². The minimum atomic E-state index is -3.69. The number of amides is 1. The number of thiol groups is 1. The lowest BCUT2D eigenvalue weighted by molar-refractivity contribution is -0.114. The SMILES string of the molecule is CC(=O)Nc1ccc(S(=O)(=O)Nc2cc(S)ccc2C)cc1. The van der Waals surface area contributed by atoms with Crippen molar-refractivity contribution in [2.75, 3.05) is 10.0 Å². The zero-order valence-corrected chi connectivity index (χ0v) is 13.8. The Hall–Kier alpha value is -1.99. The Bertz CT molecular complexity index is 800. The van der Waals surface area contributed by atoms with Crippen LogP contribution in [0.4, 0.5) is 11.4 Å². The van der Waals surface area contributed by atoms with E-state index >= 15 is 0 Å². The highest BCUT2D eigenvalue weighted by atomic mass is 32.2. The van der Waals surface area contributed by atoms with Gasteiger partial charge in [0.25, 0.3) is 10.0 Å². The first-order valence-corrected chi connectivity index (χ1v) is 8.41. The molecule has 2 aromatic rings. The Morgan fingerprint density at radius 2 is 1.73 bits per heavy atom. The Kier molecular flexibility index (Phi) is 4.77. The normalized spacial score (nSPS) is 11.0. The summed E-state index contributed by atoms with van der Waals surface area (Å²) in [5.74, 6) is -0.213. The number of hydrogen-bond acceptors (Lipinski definition) is 4. The summed E-state index contributed by atoms with van der Waals surface area (Å²) in [6.45, 7) is 3.20. The molecule has 5 nitrogen and oxygen atoms in total. The summed E-state index contributed by atoms with van der Waals surface area (Å²) in [5.41, 5.74) is 1.83. The number of hydrogen-bond donors (Lipinski definition) is 3. The van der Waals surface area contributed by atoms with Gasteiger partial charge in [-0.3, -0.25) is 9.52 Å². The van der Waals surface area contributed by atoms with E-state index in [1.165, 1.54) is 31.2 Å². The molecule has 2 rings (SSSR count). The van der Waals surface area contributed by atoms with Crippen molar-refractivity contribution in [3.8, 4) is 0 Å². The maximum atomic E-state index is 12.4. The standard InChI is InChI=1S/C15H16N2O3S2/c1-10-3-6-13(21)9-15(10)17-22(19,20)14-7-4-12(5-8-14)16-11(2)18/h3-9,17,21H,1-2H3,(H,16,18). The van der Waals surface area contributed by atoms with Gasteiger partial charge in [-0.25, -0.2) is 8.42 Å². The molecule has 2 aromatic carbocycles. The van der Waals surface area contributed by atoms with E-state index < -0.39 is 10.0 Å². The van der Waals surface area contributed by atoms with Gasteiger partial charge in [0.05, 0.1) is 10.6 Å². The zero-order valence-electron chi connectivity index (χ0n) is 12.1. The Morgan fingerprint density at radius 3 is 2.32 bits per heavy atom. The molecule has 2 N–H and O–H groups in total. The van der Waals surface area contributed by atoms with Crippen LogP contribution in [0.3, 0.4) is 0 Å². The van der Waals surface area contributed by atoms with Crippen molar-refractivity contribution in [1.29, 1.82) is 0 Å². The molecule has 0 aliphatic rings. The maximum absolute atomic E-state index is 12.4. The van der Waals surface area contributed by atoms with E-state index in [0.717, 1.165) is 5.56 Å². The predicted molar refractivity (Wildman–Crippen MR) is 90.0 cm³/mol. The quantitative estimate of drug-likeness (QED) is 0.751. The van der Waals surface area contributed by atoms with Crippen molar-refractivity contribution < 1.29 is 13.2 Å². The zero-order chi connectivity index (χ0) is 16.3. The van der Waals surface area contributed by atoms with Crippen LogP contribution in [0.5, 0.6) is 0 Å². The molecule has 0 saturated carbocycles. The van der Waals surface area contributed by atoms with Crippen LogP contribution in [-0.4, -0.2) is 14.3 Å². The van der Waals surface area contributed by atoms with Gasteiger partial charge < -0.3 is 5.32 Å². The topological polar surface area (TPSA) is 75.3 Å². The van der Waals surface area contributed by atoms with Crippen molar-refractivity contribution >= 4 is 39.9 Å². The van der Waals surface area contributed by atoms with Gasteiger partial charge in [0.15, 0.2) is 0 Å². The molecule has 0 atom stereocenters. The van der Waals surface area contributed by atoms with Gasteiger partial charge in [0, 0.05) is 17.5 Å². The van der Waals surface area contributed by atoms with Gasteiger partial charge in [-0.05, 0) is 48.9 Å². The molecule has 0 bridgehead atoms. The number of carbonyl (C=O) groups excluding carboxylic acids is 1. The molecule has 7 heteroatoms. The highest BCUT2D eigenvalue weighted by molar-refractivity contribution is 7.92. The van der Waals surface area contributed by atoms with E-state index in [1.54, 1.807) is 18.2 Å². The largest absolute Gasteiger partial charge is 0.326 e. The van der Waals surface area contributed by atoms with Crippen molar-refractivity contribution in [3.63, 3.8) is 0 Å². The van der Waals surface area contributed by atoms with Crippen molar-refractivity contribution in [2.24, 2.45) is 0 Å². The van der Waals surface area contributed by atoms with Gasteiger partial charge >= 0.3 is 0 Å². The van der Waals surface area contributed by atoms with E-state index in [-0.39, 0.29) is 10.8 Å². The smallest absolute Gasteiger partial charge is 0.261 e. The molecule has 22 heavy (non-hydrogen) atoms. The third kappa shape index (κ3) is 4.02. The summed E-state index contributed by atoms with van der Waals surface area (Å²) >= 11 is 4.21. The van der Waals surface area contributed by atoms with Crippen LogP contribution in [0.15, 0.2) is 52.3 Å². The summed E-state index contributed by atoms with van der Waals surface area (Å²) in [7, 11) is -3.69.